The lowest BCUT2D eigenvalue weighted by Gasteiger charge is -2.14. The van der Waals surface area contributed by atoms with E-state index in [1.54, 1.807) is 18.2 Å². The first kappa shape index (κ1) is 22.9. The Kier molecular flexibility index (Phi) is 6.70. The zero-order chi connectivity index (χ0) is 23.4. The van der Waals surface area contributed by atoms with Crippen molar-refractivity contribution in [3.05, 3.63) is 77.9 Å². The van der Waals surface area contributed by atoms with Crippen molar-refractivity contribution in [1.29, 1.82) is 0 Å². The first-order valence-corrected chi connectivity index (χ1v) is 12.7. The number of rotatable bonds is 10. The predicted octanol–water partition coefficient (Wildman–Crippen LogP) is 4.92. The minimum atomic E-state index is -3.36. The number of aliphatic carboxylic acids is 1. The number of hydrogen-bond donors (Lipinski definition) is 1. The van der Waals surface area contributed by atoms with Gasteiger partial charge in [0.15, 0.2) is 9.84 Å². The minimum Gasteiger partial charge on any atom is -0.493 e. The number of sulfone groups is 1. The summed E-state index contributed by atoms with van der Waals surface area (Å²) >= 11 is 0. The number of carboxylic acid groups (broad SMARTS) is 1. The largest absolute Gasteiger partial charge is 0.493 e. The second kappa shape index (κ2) is 9.67. The average Bonchev–Trinajstić information content (AvgIpc) is 3.10. The Hall–Kier alpha value is -3.32. The zero-order valence-electron chi connectivity index (χ0n) is 18.4. The average molecular weight is 467 g/mol. The van der Waals surface area contributed by atoms with E-state index in [1.165, 1.54) is 6.07 Å². The fourth-order valence-electron chi connectivity index (χ4n) is 4.26. The summed E-state index contributed by atoms with van der Waals surface area (Å²) in [6, 6.07) is 20.7. The van der Waals surface area contributed by atoms with E-state index in [0.29, 0.717) is 31.8 Å². The number of hydrogen-bond acceptors (Lipinski definition) is 5. The van der Waals surface area contributed by atoms with Crippen LogP contribution >= 0.6 is 0 Å². The molecule has 0 aromatic heterocycles. The molecular weight excluding hydrogens is 440 g/mol. The molecule has 1 N–H and O–H groups in total. The van der Waals surface area contributed by atoms with Crippen LogP contribution in [-0.2, 0) is 14.6 Å². The van der Waals surface area contributed by atoms with Gasteiger partial charge in [0.25, 0.3) is 0 Å². The standard InChI is InChI=1S/C26H26O6S/c1-33(29,30)25-10-5-4-9-24(25)32-16-6-15-31-18-11-12-21-19-7-2-3-8-20(19)22(23(21)17-18)13-14-26(27)28/h2-5,7-12,17,22H,6,13-16H2,1H3,(H,27,28). The summed E-state index contributed by atoms with van der Waals surface area (Å²) in [4.78, 5) is 11.3. The summed E-state index contributed by atoms with van der Waals surface area (Å²) in [5.74, 6) is 0.299. The summed E-state index contributed by atoms with van der Waals surface area (Å²) in [5.41, 5.74) is 4.51. The van der Waals surface area contributed by atoms with Crippen molar-refractivity contribution in [2.24, 2.45) is 0 Å². The third-order valence-corrected chi connectivity index (χ3v) is 6.87. The molecule has 0 fully saturated rings. The Bertz CT molecular complexity index is 1270. The maximum atomic E-state index is 11.9. The molecule has 1 atom stereocenters. The highest BCUT2D eigenvalue weighted by Gasteiger charge is 2.29. The second-order valence-corrected chi connectivity index (χ2v) is 10.1. The highest BCUT2D eigenvalue weighted by molar-refractivity contribution is 7.90. The number of ether oxygens (including phenoxy) is 2. The molecule has 4 rings (SSSR count). The van der Waals surface area contributed by atoms with E-state index in [1.807, 2.05) is 30.3 Å². The fraction of sp³-hybridized carbons (Fsp3) is 0.269. The highest BCUT2D eigenvalue weighted by Crippen LogP contribution is 2.47. The van der Waals surface area contributed by atoms with Gasteiger partial charge in [0.2, 0.25) is 0 Å². The van der Waals surface area contributed by atoms with Gasteiger partial charge in [-0.25, -0.2) is 8.42 Å². The molecular formula is C26H26O6S. The summed E-state index contributed by atoms with van der Waals surface area (Å²) in [5, 5.41) is 9.17. The van der Waals surface area contributed by atoms with E-state index in [4.69, 9.17) is 14.6 Å². The summed E-state index contributed by atoms with van der Waals surface area (Å²) in [7, 11) is -3.36. The first-order valence-electron chi connectivity index (χ1n) is 10.8. The maximum Gasteiger partial charge on any atom is 0.303 e. The summed E-state index contributed by atoms with van der Waals surface area (Å²) in [6.45, 7) is 0.733. The third kappa shape index (κ3) is 5.20. The molecule has 33 heavy (non-hydrogen) atoms. The molecule has 3 aromatic rings. The number of benzene rings is 3. The van der Waals surface area contributed by atoms with Crippen LogP contribution in [-0.4, -0.2) is 39.0 Å². The Labute approximate surface area is 193 Å². The SMILES string of the molecule is CS(=O)(=O)c1ccccc1OCCCOc1ccc2c(c1)C(CCC(=O)O)c1ccccc1-2. The molecule has 0 amide bonds. The van der Waals surface area contributed by atoms with Gasteiger partial charge >= 0.3 is 5.97 Å². The van der Waals surface area contributed by atoms with Gasteiger partial charge < -0.3 is 14.6 Å². The lowest BCUT2D eigenvalue weighted by molar-refractivity contribution is -0.137. The normalized spacial score (nSPS) is 14.4. The van der Waals surface area contributed by atoms with E-state index < -0.39 is 15.8 Å². The first-order chi connectivity index (χ1) is 15.8. The van der Waals surface area contributed by atoms with E-state index >= 15 is 0 Å². The van der Waals surface area contributed by atoms with Crippen molar-refractivity contribution in [2.45, 2.75) is 30.1 Å². The van der Waals surface area contributed by atoms with Crippen LogP contribution in [0.25, 0.3) is 11.1 Å². The molecule has 1 aliphatic rings. The molecule has 172 valence electrons. The van der Waals surface area contributed by atoms with Crippen LogP contribution in [0.15, 0.2) is 71.6 Å². The Morgan fingerprint density at radius 2 is 1.61 bits per heavy atom. The molecule has 6 nitrogen and oxygen atoms in total. The van der Waals surface area contributed by atoms with Crippen LogP contribution in [0.1, 0.15) is 36.3 Å². The van der Waals surface area contributed by atoms with Gasteiger partial charge in [-0.1, -0.05) is 42.5 Å². The van der Waals surface area contributed by atoms with Crippen LogP contribution in [0.5, 0.6) is 11.5 Å². The van der Waals surface area contributed by atoms with E-state index in [9.17, 15) is 13.2 Å². The van der Waals surface area contributed by atoms with Crippen LogP contribution in [0, 0.1) is 0 Å². The van der Waals surface area contributed by atoms with Crippen LogP contribution in [0.2, 0.25) is 0 Å². The topological polar surface area (TPSA) is 89.9 Å². The fourth-order valence-corrected chi connectivity index (χ4v) is 5.08. The number of carbonyl (C=O) groups is 1. The molecule has 0 spiro atoms. The van der Waals surface area contributed by atoms with Crippen molar-refractivity contribution in [3.63, 3.8) is 0 Å². The van der Waals surface area contributed by atoms with E-state index in [0.717, 1.165) is 34.3 Å². The lowest BCUT2D eigenvalue weighted by Crippen LogP contribution is -2.08. The van der Waals surface area contributed by atoms with Crippen molar-refractivity contribution in [1.82, 2.24) is 0 Å². The summed E-state index contributed by atoms with van der Waals surface area (Å²) in [6.07, 6.45) is 2.39. The van der Waals surface area contributed by atoms with Gasteiger partial charge in [0, 0.05) is 25.0 Å². The number of fused-ring (bicyclic) bond motifs is 3. The molecule has 0 saturated heterocycles. The molecule has 1 unspecified atom stereocenters. The smallest absolute Gasteiger partial charge is 0.303 e. The van der Waals surface area contributed by atoms with Gasteiger partial charge in [-0.2, -0.15) is 0 Å². The molecule has 1 aliphatic carbocycles. The van der Waals surface area contributed by atoms with E-state index in [2.05, 4.69) is 12.1 Å². The molecule has 0 bridgehead atoms. The summed E-state index contributed by atoms with van der Waals surface area (Å²) < 4.78 is 35.4. The number of carboxylic acids is 1. The van der Waals surface area contributed by atoms with Crippen LogP contribution < -0.4 is 9.47 Å². The molecule has 3 aromatic carbocycles. The van der Waals surface area contributed by atoms with Gasteiger partial charge in [-0.05, 0) is 52.9 Å². The second-order valence-electron chi connectivity index (χ2n) is 8.09. The number of para-hydroxylation sites is 1. The third-order valence-electron chi connectivity index (χ3n) is 5.74. The van der Waals surface area contributed by atoms with Gasteiger partial charge in [-0.15, -0.1) is 0 Å². The van der Waals surface area contributed by atoms with E-state index in [-0.39, 0.29) is 17.2 Å². The molecule has 0 aliphatic heterocycles. The molecule has 7 heteroatoms. The predicted molar refractivity (Wildman–Crippen MR) is 126 cm³/mol. The van der Waals surface area contributed by atoms with Crippen LogP contribution in [0.3, 0.4) is 0 Å². The Morgan fingerprint density at radius 1 is 0.909 bits per heavy atom. The molecule has 0 saturated carbocycles. The minimum absolute atomic E-state index is 0.0340. The molecule has 0 heterocycles. The van der Waals surface area contributed by atoms with Crippen molar-refractivity contribution < 1.29 is 27.8 Å². The Balaban J connectivity index is 1.39. The zero-order valence-corrected chi connectivity index (χ0v) is 19.2. The van der Waals surface area contributed by atoms with Crippen molar-refractivity contribution in [3.8, 4) is 22.6 Å². The highest BCUT2D eigenvalue weighted by atomic mass is 32.2. The van der Waals surface area contributed by atoms with Crippen molar-refractivity contribution >= 4 is 15.8 Å². The quantitative estimate of drug-likeness (QED) is 0.427. The van der Waals surface area contributed by atoms with Gasteiger partial charge in [0.1, 0.15) is 16.4 Å². The Morgan fingerprint density at radius 3 is 2.39 bits per heavy atom. The van der Waals surface area contributed by atoms with Gasteiger partial charge in [0.05, 0.1) is 13.2 Å². The lowest BCUT2D eigenvalue weighted by atomic mass is 9.92. The monoisotopic (exact) mass is 466 g/mol. The van der Waals surface area contributed by atoms with Gasteiger partial charge in [-0.3, -0.25) is 4.79 Å². The van der Waals surface area contributed by atoms with Crippen molar-refractivity contribution in [2.75, 3.05) is 19.5 Å². The molecule has 0 radical (unpaired) electrons. The van der Waals surface area contributed by atoms with Crippen LogP contribution in [0.4, 0.5) is 0 Å². The maximum absolute atomic E-state index is 11.9.